The predicted molar refractivity (Wildman–Crippen MR) is 78.1 cm³/mol. The molecule has 0 saturated carbocycles. The molecule has 1 amide bonds. The summed E-state index contributed by atoms with van der Waals surface area (Å²) in [5.74, 6) is 0.755. The second-order valence-electron chi connectivity index (χ2n) is 3.61. The lowest BCUT2D eigenvalue weighted by Gasteiger charge is -2.09. The summed E-state index contributed by atoms with van der Waals surface area (Å²) in [6.07, 6.45) is 0. The van der Waals surface area contributed by atoms with Crippen LogP contribution in [0.4, 0.5) is 11.4 Å². The molecule has 0 aromatic heterocycles. The lowest BCUT2D eigenvalue weighted by Crippen LogP contribution is -2.10. The first-order valence-electron chi connectivity index (χ1n) is 5.64. The smallest absolute Gasteiger partial charge is 0.221 e. The van der Waals surface area contributed by atoms with Gasteiger partial charge in [0.1, 0.15) is 0 Å². The Labute approximate surface area is 111 Å². The van der Waals surface area contributed by atoms with Crippen molar-refractivity contribution in [2.45, 2.75) is 20.4 Å². The first kappa shape index (κ1) is 14.5. The number of rotatable bonds is 4. The van der Waals surface area contributed by atoms with E-state index in [1.807, 2.05) is 13.0 Å². The number of benzene rings is 1. The molecule has 1 rings (SSSR count). The van der Waals surface area contributed by atoms with Gasteiger partial charge in [0.25, 0.3) is 0 Å². The van der Waals surface area contributed by atoms with Crippen LogP contribution >= 0.6 is 11.8 Å². The third kappa shape index (κ3) is 4.38. The summed E-state index contributed by atoms with van der Waals surface area (Å²) in [5.41, 5.74) is 13.7. The second kappa shape index (κ2) is 7.03. The zero-order chi connectivity index (χ0) is 13.5. The van der Waals surface area contributed by atoms with E-state index in [0.29, 0.717) is 17.4 Å². The maximum absolute atomic E-state index is 11.0. The molecule has 1 aromatic rings. The number of hydrogen-bond donors (Lipinski definition) is 3. The van der Waals surface area contributed by atoms with Crippen LogP contribution in [0.3, 0.4) is 0 Å². The summed E-state index contributed by atoms with van der Waals surface area (Å²) in [5, 5.41) is 3.25. The zero-order valence-corrected chi connectivity index (χ0v) is 11.4. The molecule has 98 valence electrons. The molecule has 0 saturated heterocycles. The molecule has 1 aromatic carbocycles. The number of carbonyl (C=O) groups excluding carboxylic acids is 1. The Morgan fingerprint density at radius 1 is 1.50 bits per heavy atom. The van der Waals surface area contributed by atoms with Gasteiger partial charge >= 0.3 is 0 Å². The average Bonchev–Trinajstić information content (AvgIpc) is 2.30. The SMILES string of the molecule is CCSC(N)=Nc1ccc(NC(C)=O)c(CN)c1. The normalized spacial score (nSPS) is 11.4. The monoisotopic (exact) mass is 266 g/mol. The molecule has 6 heteroatoms. The van der Waals surface area contributed by atoms with Gasteiger partial charge in [-0.05, 0) is 29.5 Å². The molecule has 0 aliphatic heterocycles. The largest absolute Gasteiger partial charge is 0.378 e. The number of nitrogens with zero attached hydrogens (tertiary/aromatic N) is 1. The Bertz CT molecular complexity index is 459. The highest BCUT2D eigenvalue weighted by Gasteiger charge is 2.04. The van der Waals surface area contributed by atoms with Crippen molar-refractivity contribution in [3.8, 4) is 0 Å². The van der Waals surface area contributed by atoms with Crippen molar-refractivity contribution < 1.29 is 4.79 Å². The molecule has 0 spiro atoms. The van der Waals surface area contributed by atoms with Gasteiger partial charge in [0.05, 0.1) is 5.69 Å². The van der Waals surface area contributed by atoms with E-state index in [-0.39, 0.29) is 5.91 Å². The number of amidine groups is 1. The molecule has 0 atom stereocenters. The van der Waals surface area contributed by atoms with E-state index in [1.54, 1.807) is 12.1 Å². The van der Waals surface area contributed by atoms with Crippen LogP contribution in [0, 0.1) is 0 Å². The van der Waals surface area contributed by atoms with Crippen LogP contribution in [0.15, 0.2) is 23.2 Å². The number of thioether (sulfide) groups is 1. The van der Waals surface area contributed by atoms with Crippen molar-refractivity contribution in [1.29, 1.82) is 0 Å². The minimum absolute atomic E-state index is 0.123. The van der Waals surface area contributed by atoms with Gasteiger partial charge in [0.2, 0.25) is 5.91 Å². The fourth-order valence-electron chi connectivity index (χ4n) is 1.44. The standard InChI is InChI=1S/C12H18N4OS/c1-3-18-12(14)16-10-4-5-11(15-8(2)17)9(6-10)7-13/h4-6H,3,7,13H2,1-2H3,(H2,14,16)(H,15,17). The summed E-state index contributed by atoms with van der Waals surface area (Å²) in [4.78, 5) is 15.3. The van der Waals surface area contributed by atoms with Crippen molar-refractivity contribution in [3.63, 3.8) is 0 Å². The van der Waals surface area contributed by atoms with Crippen LogP contribution in [0.2, 0.25) is 0 Å². The zero-order valence-electron chi connectivity index (χ0n) is 10.6. The van der Waals surface area contributed by atoms with E-state index in [4.69, 9.17) is 11.5 Å². The number of nitrogens with one attached hydrogen (secondary N) is 1. The van der Waals surface area contributed by atoms with E-state index < -0.39 is 0 Å². The molecule has 5 nitrogen and oxygen atoms in total. The van der Waals surface area contributed by atoms with Gasteiger partial charge in [-0.1, -0.05) is 18.7 Å². The maximum Gasteiger partial charge on any atom is 0.221 e. The Hall–Kier alpha value is -1.53. The third-order valence-electron chi connectivity index (χ3n) is 2.15. The highest BCUT2D eigenvalue weighted by Crippen LogP contribution is 2.23. The lowest BCUT2D eigenvalue weighted by molar-refractivity contribution is -0.114. The van der Waals surface area contributed by atoms with E-state index >= 15 is 0 Å². The minimum Gasteiger partial charge on any atom is -0.378 e. The summed E-state index contributed by atoms with van der Waals surface area (Å²) < 4.78 is 0. The number of anilines is 1. The van der Waals surface area contributed by atoms with Crippen molar-refractivity contribution in [2.24, 2.45) is 16.5 Å². The second-order valence-corrected chi connectivity index (χ2v) is 4.89. The van der Waals surface area contributed by atoms with Crippen molar-refractivity contribution in [1.82, 2.24) is 0 Å². The molecule has 0 heterocycles. The van der Waals surface area contributed by atoms with Crippen LogP contribution in [0.25, 0.3) is 0 Å². The molecular weight excluding hydrogens is 248 g/mol. The number of aliphatic imine (C=N–C) groups is 1. The quantitative estimate of drug-likeness (QED) is 0.572. The van der Waals surface area contributed by atoms with Gasteiger partial charge in [-0.25, -0.2) is 4.99 Å². The van der Waals surface area contributed by atoms with E-state index in [2.05, 4.69) is 10.3 Å². The van der Waals surface area contributed by atoms with Gasteiger partial charge in [-0.3, -0.25) is 4.79 Å². The van der Waals surface area contributed by atoms with Crippen LogP contribution in [0.5, 0.6) is 0 Å². The van der Waals surface area contributed by atoms with E-state index in [1.165, 1.54) is 18.7 Å². The molecule has 0 aliphatic carbocycles. The van der Waals surface area contributed by atoms with Crippen molar-refractivity contribution in [2.75, 3.05) is 11.1 Å². The predicted octanol–water partition coefficient (Wildman–Crippen LogP) is 1.80. The molecule has 0 bridgehead atoms. The average molecular weight is 266 g/mol. The van der Waals surface area contributed by atoms with Crippen molar-refractivity contribution in [3.05, 3.63) is 23.8 Å². The highest BCUT2D eigenvalue weighted by atomic mass is 32.2. The summed E-state index contributed by atoms with van der Waals surface area (Å²) in [6.45, 7) is 3.81. The van der Waals surface area contributed by atoms with Crippen LogP contribution < -0.4 is 16.8 Å². The number of amides is 1. The van der Waals surface area contributed by atoms with Gasteiger partial charge < -0.3 is 16.8 Å². The summed E-state index contributed by atoms with van der Waals surface area (Å²) >= 11 is 1.48. The Kier molecular flexibility index (Phi) is 5.67. The number of carbonyl (C=O) groups is 1. The number of hydrogen-bond acceptors (Lipinski definition) is 4. The summed E-state index contributed by atoms with van der Waals surface area (Å²) in [6, 6.07) is 5.41. The third-order valence-corrected chi connectivity index (χ3v) is 2.83. The van der Waals surface area contributed by atoms with Gasteiger partial charge in [-0.15, -0.1) is 0 Å². The fraction of sp³-hybridized carbons (Fsp3) is 0.333. The molecule has 5 N–H and O–H groups in total. The molecule has 0 unspecified atom stereocenters. The maximum atomic E-state index is 11.0. The first-order valence-corrected chi connectivity index (χ1v) is 6.63. The van der Waals surface area contributed by atoms with E-state index in [9.17, 15) is 4.79 Å². The van der Waals surface area contributed by atoms with Crippen LogP contribution in [-0.4, -0.2) is 16.8 Å². The fourth-order valence-corrected chi connectivity index (χ4v) is 1.90. The minimum atomic E-state index is -0.123. The van der Waals surface area contributed by atoms with Crippen molar-refractivity contribution >= 4 is 34.2 Å². The number of nitrogens with two attached hydrogens (primary N) is 2. The molecule has 18 heavy (non-hydrogen) atoms. The Morgan fingerprint density at radius 2 is 2.22 bits per heavy atom. The topological polar surface area (TPSA) is 93.5 Å². The van der Waals surface area contributed by atoms with Gasteiger partial charge in [0, 0.05) is 19.2 Å². The molecule has 0 radical (unpaired) electrons. The molecule has 0 fully saturated rings. The summed E-state index contributed by atoms with van der Waals surface area (Å²) in [7, 11) is 0. The van der Waals surface area contributed by atoms with Gasteiger partial charge in [0.15, 0.2) is 5.17 Å². The Morgan fingerprint density at radius 3 is 2.78 bits per heavy atom. The van der Waals surface area contributed by atoms with Gasteiger partial charge in [-0.2, -0.15) is 0 Å². The lowest BCUT2D eigenvalue weighted by atomic mass is 10.1. The van der Waals surface area contributed by atoms with E-state index in [0.717, 1.165) is 17.0 Å². The Balaban J connectivity index is 2.98. The molecular formula is C12H18N4OS. The first-order chi connectivity index (χ1) is 8.56. The highest BCUT2D eigenvalue weighted by molar-refractivity contribution is 8.13. The van der Waals surface area contributed by atoms with Crippen LogP contribution in [0.1, 0.15) is 19.4 Å². The molecule has 0 aliphatic rings. The van der Waals surface area contributed by atoms with Crippen LogP contribution in [-0.2, 0) is 11.3 Å².